The van der Waals surface area contributed by atoms with Crippen molar-refractivity contribution in [1.82, 2.24) is 5.32 Å². The molecule has 106 valence electrons. The number of hydrogen-bond donors (Lipinski definition) is 4. The summed E-state index contributed by atoms with van der Waals surface area (Å²) in [6.07, 6.45) is 0.873. The Morgan fingerprint density at radius 1 is 1.30 bits per heavy atom. The van der Waals surface area contributed by atoms with E-state index >= 15 is 0 Å². The number of anilines is 1. The number of allylic oxidation sites excluding steroid dienone is 1. The first-order valence-corrected chi connectivity index (χ1v) is 6.51. The number of benzene rings is 1. The predicted octanol–water partition coefficient (Wildman–Crippen LogP) is 1.47. The molecule has 0 radical (unpaired) electrons. The number of hydrogen-bond acceptors (Lipinski definition) is 4. The van der Waals surface area contributed by atoms with Gasteiger partial charge in [-0.15, -0.1) is 0 Å². The first-order chi connectivity index (χ1) is 9.56. The lowest BCUT2D eigenvalue weighted by Crippen LogP contribution is -2.31. The van der Waals surface area contributed by atoms with Gasteiger partial charge in [0.2, 0.25) is 6.29 Å². The van der Waals surface area contributed by atoms with Crippen LogP contribution in [0.3, 0.4) is 0 Å². The van der Waals surface area contributed by atoms with Gasteiger partial charge in [-0.3, -0.25) is 0 Å². The van der Waals surface area contributed by atoms with Crippen molar-refractivity contribution in [2.45, 2.75) is 19.3 Å². The third-order valence-corrected chi connectivity index (χ3v) is 2.94. The molecular weight excluding hydrogens is 276 g/mol. The molecule has 1 heterocycles. The van der Waals surface area contributed by atoms with Crippen LogP contribution < -0.4 is 10.6 Å². The highest BCUT2D eigenvalue weighted by Gasteiger charge is 2.24. The normalized spacial score (nSPS) is 23.8. The van der Waals surface area contributed by atoms with Gasteiger partial charge >= 0.3 is 0 Å². The number of para-hydroxylation sites is 1. The highest BCUT2D eigenvalue weighted by molar-refractivity contribution is 7.80. The summed E-state index contributed by atoms with van der Waals surface area (Å²) in [5.74, 6) is 0.479. The van der Waals surface area contributed by atoms with E-state index in [1.54, 1.807) is 6.92 Å². The van der Waals surface area contributed by atoms with E-state index in [9.17, 15) is 10.2 Å². The van der Waals surface area contributed by atoms with Gasteiger partial charge in [-0.2, -0.15) is 0 Å². The van der Waals surface area contributed by atoms with Crippen molar-refractivity contribution in [3.05, 3.63) is 53.9 Å². The molecule has 0 aliphatic carbocycles. The lowest BCUT2D eigenvalue weighted by molar-refractivity contribution is -0.0562. The largest absolute Gasteiger partial charge is 0.466 e. The van der Waals surface area contributed by atoms with Gasteiger partial charge in [-0.05, 0) is 37.4 Å². The van der Waals surface area contributed by atoms with Crippen molar-refractivity contribution in [2.24, 2.45) is 0 Å². The fourth-order valence-electron chi connectivity index (χ4n) is 1.74. The maximum Gasteiger partial charge on any atom is 0.224 e. The Kier molecular flexibility index (Phi) is 4.73. The minimum Gasteiger partial charge on any atom is -0.466 e. The maximum atomic E-state index is 9.82. The molecule has 2 rings (SSSR count). The van der Waals surface area contributed by atoms with Gasteiger partial charge in [0.1, 0.15) is 6.10 Å². The molecule has 0 amide bonds. The summed E-state index contributed by atoms with van der Waals surface area (Å²) in [5, 5.41) is 25.7. The molecule has 0 fully saturated rings. The van der Waals surface area contributed by atoms with Crippen LogP contribution >= 0.6 is 12.2 Å². The molecule has 0 aromatic heterocycles. The first-order valence-electron chi connectivity index (χ1n) is 6.10. The Hall–Kier alpha value is -1.89. The first kappa shape index (κ1) is 14.5. The summed E-state index contributed by atoms with van der Waals surface area (Å²) < 4.78 is 5.10. The maximum absolute atomic E-state index is 9.82. The number of nitrogens with one attached hydrogen (secondary N) is 2. The van der Waals surface area contributed by atoms with Crippen molar-refractivity contribution >= 4 is 23.0 Å². The molecule has 1 aromatic carbocycles. The standard InChI is InChI=1S/C14H16N2O3S/c1-9-7-12(17)11(13(18)19-9)8-15-14(20)16-10-5-3-2-4-6-10/h2-8,12-13,17-18H,1H3,(H2,15,16,20)/b11-8-. The van der Waals surface area contributed by atoms with Crippen LogP contribution in [0.4, 0.5) is 5.69 Å². The molecule has 1 aliphatic rings. The van der Waals surface area contributed by atoms with E-state index in [0.29, 0.717) is 16.4 Å². The second kappa shape index (κ2) is 6.51. The fourth-order valence-corrected chi connectivity index (χ4v) is 1.92. The van der Waals surface area contributed by atoms with Gasteiger partial charge in [0.05, 0.1) is 5.76 Å². The van der Waals surface area contributed by atoms with Crippen LogP contribution in [-0.2, 0) is 4.74 Å². The number of aliphatic hydroxyl groups is 2. The molecule has 2 unspecified atom stereocenters. The Bertz CT molecular complexity index is 543. The molecule has 6 heteroatoms. The SMILES string of the molecule is CC1=CC(O)/C(=C/NC(=S)Nc2ccccc2)C(O)O1. The van der Waals surface area contributed by atoms with Crippen LogP contribution in [0, 0.1) is 0 Å². The Labute approximate surface area is 122 Å². The third kappa shape index (κ3) is 3.80. The molecule has 5 nitrogen and oxygen atoms in total. The van der Waals surface area contributed by atoms with Gasteiger partial charge in [-0.25, -0.2) is 0 Å². The van der Waals surface area contributed by atoms with Crippen molar-refractivity contribution in [1.29, 1.82) is 0 Å². The minimum absolute atomic E-state index is 0.299. The molecule has 0 spiro atoms. The van der Waals surface area contributed by atoms with Crippen molar-refractivity contribution in [3.8, 4) is 0 Å². The lowest BCUT2D eigenvalue weighted by Gasteiger charge is -2.25. The summed E-state index contributed by atoms with van der Waals surface area (Å²) in [6.45, 7) is 1.66. The number of ether oxygens (including phenoxy) is 1. The number of thiocarbonyl (C=S) groups is 1. The summed E-state index contributed by atoms with van der Waals surface area (Å²) >= 11 is 5.12. The van der Waals surface area contributed by atoms with Crippen molar-refractivity contribution in [2.75, 3.05) is 5.32 Å². The molecule has 1 aromatic rings. The highest BCUT2D eigenvalue weighted by Crippen LogP contribution is 2.20. The van der Waals surface area contributed by atoms with E-state index < -0.39 is 12.4 Å². The topological polar surface area (TPSA) is 73.8 Å². The van der Waals surface area contributed by atoms with Crippen molar-refractivity contribution in [3.63, 3.8) is 0 Å². The zero-order chi connectivity index (χ0) is 14.5. The average Bonchev–Trinajstić information content (AvgIpc) is 2.38. The van der Waals surface area contributed by atoms with Crippen LogP contribution in [0.1, 0.15) is 6.92 Å². The number of rotatable bonds is 2. The Morgan fingerprint density at radius 2 is 2.00 bits per heavy atom. The predicted molar refractivity (Wildman–Crippen MR) is 80.7 cm³/mol. The van der Waals surface area contributed by atoms with Gasteiger partial charge in [-0.1, -0.05) is 18.2 Å². The molecule has 0 saturated heterocycles. The van der Waals surface area contributed by atoms with E-state index in [4.69, 9.17) is 17.0 Å². The third-order valence-electron chi connectivity index (χ3n) is 2.72. The van der Waals surface area contributed by atoms with E-state index in [1.165, 1.54) is 12.3 Å². The smallest absolute Gasteiger partial charge is 0.224 e. The quantitative estimate of drug-likeness (QED) is 0.619. The molecule has 2 atom stereocenters. The van der Waals surface area contributed by atoms with Crippen LogP contribution in [0.2, 0.25) is 0 Å². The summed E-state index contributed by atoms with van der Waals surface area (Å²) in [6, 6.07) is 9.44. The van der Waals surface area contributed by atoms with Crippen LogP contribution in [-0.4, -0.2) is 27.7 Å². The summed E-state index contributed by atoms with van der Waals surface area (Å²) in [4.78, 5) is 0. The van der Waals surface area contributed by atoms with Crippen molar-refractivity contribution < 1.29 is 14.9 Å². The molecular formula is C14H16N2O3S. The highest BCUT2D eigenvalue weighted by atomic mass is 32.1. The summed E-state index contributed by atoms with van der Waals surface area (Å²) in [5.41, 5.74) is 1.15. The van der Waals surface area contributed by atoms with E-state index in [-0.39, 0.29) is 0 Å². The van der Waals surface area contributed by atoms with E-state index in [1.807, 2.05) is 30.3 Å². The molecule has 0 bridgehead atoms. The van der Waals surface area contributed by atoms with Crippen LogP contribution in [0.15, 0.2) is 53.9 Å². The molecule has 4 N–H and O–H groups in total. The Morgan fingerprint density at radius 3 is 2.65 bits per heavy atom. The van der Waals surface area contributed by atoms with Gasteiger partial charge in [0.15, 0.2) is 5.11 Å². The monoisotopic (exact) mass is 292 g/mol. The zero-order valence-corrected chi connectivity index (χ0v) is 11.7. The van der Waals surface area contributed by atoms with E-state index in [2.05, 4.69) is 10.6 Å². The van der Waals surface area contributed by atoms with E-state index in [0.717, 1.165) is 5.69 Å². The minimum atomic E-state index is -1.18. The summed E-state index contributed by atoms with van der Waals surface area (Å²) in [7, 11) is 0. The molecule has 1 aliphatic heterocycles. The second-order valence-electron chi connectivity index (χ2n) is 4.30. The average molecular weight is 292 g/mol. The fraction of sp³-hybridized carbons (Fsp3) is 0.214. The van der Waals surface area contributed by atoms with Crippen LogP contribution in [0.25, 0.3) is 0 Å². The Balaban J connectivity index is 1.97. The van der Waals surface area contributed by atoms with Crippen LogP contribution in [0.5, 0.6) is 0 Å². The zero-order valence-electron chi connectivity index (χ0n) is 10.9. The molecule has 0 saturated carbocycles. The van der Waals surface area contributed by atoms with Gasteiger partial charge in [0, 0.05) is 17.5 Å². The molecule has 20 heavy (non-hydrogen) atoms. The second-order valence-corrected chi connectivity index (χ2v) is 4.71. The lowest BCUT2D eigenvalue weighted by atomic mass is 10.1. The number of aliphatic hydroxyl groups excluding tert-OH is 2. The van der Waals surface area contributed by atoms with Gasteiger partial charge < -0.3 is 25.6 Å². The van der Waals surface area contributed by atoms with Gasteiger partial charge in [0.25, 0.3) is 0 Å².